The molecule has 56 heavy (non-hydrogen) atoms. The van der Waals surface area contributed by atoms with Crippen LogP contribution in [0.5, 0.6) is 5.75 Å². The Morgan fingerprint density at radius 2 is 1.43 bits per heavy atom. The van der Waals surface area contributed by atoms with E-state index in [-0.39, 0.29) is 33.7 Å². The number of thioether (sulfide) groups is 1. The molecule has 5 aromatic rings. The van der Waals surface area contributed by atoms with Crippen molar-refractivity contribution in [1.82, 2.24) is 5.32 Å². The molecule has 4 aromatic carbocycles. The summed E-state index contributed by atoms with van der Waals surface area (Å²) in [6, 6.07) is 31.7. The third-order valence-corrected chi connectivity index (χ3v) is 10.7. The number of hydrogen-bond donors (Lipinski definition) is 4. The molecule has 0 bridgehead atoms. The van der Waals surface area contributed by atoms with E-state index in [9.17, 15) is 24.0 Å². The summed E-state index contributed by atoms with van der Waals surface area (Å²) in [5, 5.41) is 10.9. The molecule has 288 valence electrons. The fourth-order valence-electron chi connectivity index (χ4n) is 5.44. The Hall–Kier alpha value is -6.18. The average Bonchev–Trinajstić information content (AvgIpc) is 3.53. The van der Waals surface area contributed by atoms with Crippen molar-refractivity contribution in [3.8, 4) is 5.75 Å². The fourth-order valence-corrected chi connectivity index (χ4v) is 7.54. The van der Waals surface area contributed by atoms with Crippen LogP contribution >= 0.6 is 23.1 Å². The zero-order chi connectivity index (χ0) is 40.0. The lowest BCUT2D eigenvalue weighted by molar-refractivity contribution is -0.116. The minimum atomic E-state index is -0.643. The van der Waals surface area contributed by atoms with Gasteiger partial charge in [0.25, 0.3) is 17.7 Å². The van der Waals surface area contributed by atoms with Crippen molar-refractivity contribution in [1.29, 1.82) is 0 Å². The van der Waals surface area contributed by atoms with Crippen molar-refractivity contribution in [2.75, 3.05) is 29.2 Å². The summed E-state index contributed by atoms with van der Waals surface area (Å²) in [7, 11) is 0. The summed E-state index contributed by atoms with van der Waals surface area (Å²) in [6.07, 6.45) is 2.00. The Bertz CT molecular complexity index is 2200. The highest BCUT2D eigenvalue weighted by Gasteiger charge is 2.29. The Balaban J connectivity index is 1.33. The van der Waals surface area contributed by atoms with Crippen molar-refractivity contribution >= 4 is 75.1 Å². The molecule has 4 N–H and O–H groups in total. The van der Waals surface area contributed by atoms with Gasteiger partial charge in [0.15, 0.2) is 0 Å². The summed E-state index contributed by atoms with van der Waals surface area (Å²) in [5.41, 5.74) is 2.63. The minimum Gasteiger partial charge on any atom is -0.494 e. The summed E-state index contributed by atoms with van der Waals surface area (Å²) in [6.45, 7) is 7.71. The number of carbonyl (C=O) groups excluding carboxylic acids is 5. The van der Waals surface area contributed by atoms with Crippen molar-refractivity contribution in [2.24, 2.45) is 0 Å². The number of thiophene rings is 1. The van der Waals surface area contributed by atoms with Crippen molar-refractivity contribution in [2.45, 2.75) is 44.3 Å². The molecule has 1 heterocycles. The van der Waals surface area contributed by atoms with Gasteiger partial charge >= 0.3 is 5.97 Å². The zero-order valence-electron chi connectivity index (χ0n) is 31.3. The standard InChI is InChI=1S/C43H42N4O7S2/c1-5-35(40(50)47-42-36(43(52)54-7-3)27(4)37(56-42)41(51)44-30-17-12-9-13-18-30)55-33-20-14-19-31(26-33)45-39(49)34(46-38(48)29-15-10-8-11-16-29)25-28-21-23-32(24-22-28)53-6-2/h8-26,35H,5-7H2,1-4H3,(H,44,51)(H,45,49)(H,46,48)(H,47,50)/b34-25+. The third-order valence-electron chi connectivity index (χ3n) is 8.17. The number of ether oxygens (including phenoxy) is 2. The normalized spacial score (nSPS) is 11.5. The molecular formula is C43H42N4O7S2. The van der Waals surface area contributed by atoms with Crippen LogP contribution < -0.4 is 26.0 Å². The van der Waals surface area contributed by atoms with Gasteiger partial charge in [-0.15, -0.1) is 23.1 Å². The second-order valence-corrected chi connectivity index (χ2v) is 14.5. The van der Waals surface area contributed by atoms with E-state index in [2.05, 4.69) is 21.3 Å². The van der Waals surface area contributed by atoms with Crippen LogP contribution in [-0.2, 0) is 14.3 Å². The van der Waals surface area contributed by atoms with Crippen LogP contribution in [0.2, 0.25) is 0 Å². The highest BCUT2D eigenvalue weighted by molar-refractivity contribution is 8.00. The Morgan fingerprint density at radius 1 is 0.750 bits per heavy atom. The van der Waals surface area contributed by atoms with Crippen LogP contribution in [-0.4, -0.2) is 48.1 Å². The van der Waals surface area contributed by atoms with E-state index >= 15 is 0 Å². The fraction of sp³-hybridized carbons (Fsp3) is 0.186. The molecule has 1 unspecified atom stereocenters. The molecule has 0 aliphatic heterocycles. The maximum Gasteiger partial charge on any atom is 0.341 e. The summed E-state index contributed by atoms with van der Waals surface area (Å²) >= 11 is 2.28. The molecule has 1 aromatic heterocycles. The van der Waals surface area contributed by atoms with E-state index < -0.39 is 28.9 Å². The average molecular weight is 791 g/mol. The van der Waals surface area contributed by atoms with Crippen LogP contribution in [0.1, 0.15) is 68.7 Å². The van der Waals surface area contributed by atoms with Gasteiger partial charge < -0.3 is 30.7 Å². The second kappa shape index (κ2) is 19.9. The molecule has 0 saturated carbocycles. The number of carbonyl (C=O) groups is 5. The lowest BCUT2D eigenvalue weighted by Gasteiger charge is -2.16. The molecule has 13 heteroatoms. The van der Waals surface area contributed by atoms with Crippen molar-refractivity contribution < 1.29 is 33.4 Å². The third kappa shape index (κ3) is 11.0. The van der Waals surface area contributed by atoms with Crippen LogP contribution in [0.15, 0.2) is 120 Å². The summed E-state index contributed by atoms with van der Waals surface area (Å²) in [4.78, 5) is 67.9. The predicted octanol–water partition coefficient (Wildman–Crippen LogP) is 8.80. The number of hydrogen-bond acceptors (Lipinski definition) is 9. The quantitative estimate of drug-likeness (QED) is 0.0440. The van der Waals surface area contributed by atoms with Gasteiger partial charge in [-0.1, -0.05) is 61.5 Å². The molecule has 1 atom stereocenters. The maximum absolute atomic E-state index is 13.8. The van der Waals surface area contributed by atoms with E-state index in [1.165, 1.54) is 11.8 Å². The zero-order valence-corrected chi connectivity index (χ0v) is 33.0. The first-order valence-corrected chi connectivity index (χ1v) is 19.7. The van der Waals surface area contributed by atoms with Gasteiger partial charge in [-0.2, -0.15) is 0 Å². The van der Waals surface area contributed by atoms with Crippen LogP contribution in [0.4, 0.5) is 16.4 Å². The van der Waals surface area contributed by atoms with Gasteiger partial charge in [-0.3, -0.25) is 19.2 Å². The van der Waals surface area contributed by atoms with E-state index in [1.54, 1.807) is 117 Å². The number of rotatable bonds is 16. The van der Waals surface area contributed by atoms with Gasteiger partial charge in [-0.25, -0.2) is 4.79 Å². The first-order chi connectivity index (χ1) is 27.1. The van der Waals surface area contributed by atoms with Crippen LogP contribution in [0.3, 0.4) is 0 Å². The molecule has 0 fully saturated rings. The number of anilines is 3. The van der Waals surface area contributed by atoms with Crippen molar-refractivity contribution in [3.63, 3.8) is 0 Å². The highest BCUT2D eigenvalue weighted by atomic mass is 32.2. The smallest absolute Gasteiger partial charge is 0.341 e. The molecule has 0 radical (unpaired) electrons. The molecule has 4 amide bonds. The Labute approximate surface area is 333 Å². The predicted molar refractivity (Wildman–Crippen MR) is 223 cm³/mol. The van der Waals surface area contributed by atoms with Gasteiger partial charge in [-0.05, 0) is 99.0 Å². The molecule has 11 nitrogen and oxygen atoms in total. The highest BCUT2D eigenvalue weighted by Crippen LogP contribution is 2.36. The maximum atomic E-state index is 13.8. The Morgan fingerprint density at radius 3 is 2.09 bits per heavy atom. The first-order valence-electron chi connectivity index (χ1n) is 18.0. The van der Waals surface area contributed by atoms with Gasteiger partial charge in [0, 0.05) is 21.8 Å². The molecule has 0 saturated heterocycles. The SMILES string of the molecule is CCOC(=O)c1c(NC(=O)C(CC)Sc2cccc(NC(=O)/C(=C\c3ccc(OCC)cc3)NC(=O)c3ccccc3)c2)sc(C(=O)Nc2ccccc2)c1C. The topological polar surface area (TPSA) is 152 Å². The number of benzene rings is 4. The van der Waals surface area contributed by atoms with E-state index in [0.717, 1.165) is 11.3 Å². The monoisotopic (exact) mass is 790 g/mol. The summed E-state index contributed by atoms with van der Waals surface area (Å²) in [5.74, 6) is -1.76. The molecule has 5 rings (SSSR count). The minimum absolute atomic E-state index is 0.0207. The van der Waals surface area contributed by atoms with Gasteiger partial charge in [0.05, 0.1) is 28.9 Å². The van der Waals surface area contributed by atoms with E-state index in [4.69, 9.17) is 9.47 Å². The molecule has 0 aliphatic rings. The number of esters is 1. The Kier molecular flexibility index (Phi) is 14.6. The second-order valence-electron chi connectivity index (χ2n) is 12.2. The lowest BCUT2D eigenvalue weighted by atomic mass is 10.1. The molecule has 0 aliphatic carbocycles. The van der Waals surface area contributed by atoms with E-state index in [0.29, 0.717) is 51.7 Å². The van der Waals surface area contributed by atoms with Crippen LogP contribution in [0, 0.1) is 6.92 Å². The molecule has 0 spiro atoms. The lowest BCUT2D eigenvalue weighted by Crippen LogP contribution is -2.30. The largest absolute Gasteiger partial charge is 0.494 e. The van der Waals surface area contributed by atoms with Gasteiger partial charge in [0.2, 0.25) is 5.91 Å². The van der Waals surface area contributed by atoms with Gasteiger partial charge in [0.1, 0.15) is 16.4 Å². The number of para-hydroxylation sites is 1. The number of nitrogens with one attached hydrogen (secondary N) is 4. The number of amides is 4. The summed E-state index contributed by atoms with van der Waals surface area (Å²) < 4.78 is 10.8. The van der Waals surface area contributed by atoms with E-state index in [1.807, 2.05) is 26.0 Å². The van der Waals surface area contributed by atoms with Crippen molar-refractivity contribution in [3.05, 3.63) is 142 Å². The molecular weight excluding hydrogens is 749 g/mol. The first kappa shape index (κ1) is 41.0. The van der Waals surface area contributed by atoms with Crippen LogP contribution in [0.25, 0.3) is 6.08 Å².